The van der Waals surface area contributed by atoms with Crippen molar-refractivity contribution in [1.82, 2.24) is 10.1 Å². The average Bonchev–Trinajstić information content (AvgIpc) is 3.08. The molecule has 1 aliphatic heterocycles. The van der Waals surface area contributed by atoms with E-state index in [4.69, 9.17) is 9.26 Å². The number of aromatic nitrogens is 2. The third-order valence-electron chi connectivity index (χ3n) is 3.22. The van der Waals surface area contributed by atoms with Crippen LogP contribution in [0.1, 0.15) is 24.7 Å². The first-order valence-corrected chi connectivity index (χ1v) is 6.74. The summed E-state index contributed by atoms with van der Waals surface area (Å²) < 4.78 is 10.1. The van der Waals surface area contributed by atoms with E-state index in [-0.39, 0.29) is 12.1 Å². The zero-order chi connectivity index (χ0) is 14.8. The van der Waals surface area contributed by atoms with Crippen molar-refractivity contribution >= 4 is 17.5 Å². The molecule has 0 bridgehead atoms. The molecule has 1 saturated heterocycles. The van der Waals surface area contributed by atoms with Gasteiger partial charge in [-0.25, -0.2) is 4.79 Å². The van der Waals surface area contributed by atoms with Crippen molar-refractivity contribution < 1.29 is 14.1 Å². The van der Waals surface area contributed by atoms with Crippen LogP contribution >= 0.6 is 0 Å². The van der Waals surface area contributed by atoms with E-state index in [1.165, 1.54) is 0 Å². The van der Waals surface area contributed by atoms with Gasteiger partial charge >= 0.3 is 6.09 Å². The average molecular weight is 288 g/mol. The number of hydrogen-bond donors (Lipinski definition) is 1. The van der Waals surface area contributed by atoms with Crippen LogP contribution in [0.3, 0.4) is 0 Å². The number of amides is 1. The van der Waals surface area contributed by atoms with Gasteiger partial charge in [-0.15, -0.1) is 0 Å². The first kappa shape index (κ1) is 13.4. The van der Waals surface area contributed by atoms with E-state index < -0.39 is 0 Å². The third kappa shape index (κ3) is 2.81. The lowest BCUT2D eigenvalue weighted by atomic mass is 10.2. The van der Waals surface area contributed by atoms with Crippen molar-refractivity contribution in [2.75, 3.05) is 23.4 Å². The van der Waals surface area contributed by atoms with Crippen LogP contribution in [0.15, 0.2) is 28.8 Å². The summed E-state index contributed by atoms with van der Waals surface area (Å²) >= 11 is 0. The van der Waals surface area contributed by atoms with Gasteiger partial charge in [0.2, 0.25) is 5.89 Å². The minimum Gasteiger partial charge on any atom is -0.447 e. The van der Waals surface area contributed by atoms with Crippen molar-refractivity contribution in [3.05, 3.63) is 36.0 Å². The second-order valence-corrected chi connectivity index (χ2v) is 4.86. The highest BCUT2D eigenvalue weighted by molar-refractivity contribution is 5.89. The standard InChI is InChI=1S/C14H16N4O3/c1-9(13-16-10(2)17-21-13)15-11-4-3-5-12(8-11)18-6-7-20-14(18)19/h3-5,8-9,15H,6-7H2,1-2H3. The van der Waals surface area contributed by atoms with E-state index in [9.17, 15) is 4.79 Å². The van der Waals surface area contributed by atoms with E-state index in [1.54, 1.807) is 11.8 Å². The summed E-state index contributed by atoms with van der Waals surface area (Å²) in [6.07, 6.45) is -0.312. The summed E-state index contributed by atoms with van der Waals surface area (Å²) in [6.45, 7) is 4.71. The molecular formula is C14H16N4O3. The quantitative estimate of drug-likeness (QED) is 0.931. The monoisotopic (exact) mass is 288 g/mol. The number of hydrogen-bond acceptors (Lipinski definition) is 6. The van der Waals surface area contributed by atoms with Crippen LogP contribution in [0.2, 0.25) is 0 Å². The Labute approximate surface area is 121 Å². The lowest BCUT2D eigenvalue weighted by Gasteiger charge is -2.16. The number of rotatable bonds is 4. The van der Waals surface area contributed by atoms with Gasteiger partial charge in [-0.05, 0) is 32.0 Å². The molecule has 21 heavy (non-hydrogen) atoms. The van der Waals surface area contributed by atoms with Crippen LogP contribution in [0.5, 0.6) is 0 Å². The number of nitrogens with one attached hydrogen (secondary N) is 1. The molecule has 7 heteroatoms. The minimum atomic E-state index is -0.312. The summed E-state index contributed by atoms with van der Waals surface area (Å²) in [7, 11) is 0. The predicted molar refractivity (Wildman–Crippen MR) is 76.2 cm³/mol. The fourth-order valence-electron chi connectivity index (χ4n) is 2.19. The summed E-state index contributed by atoms with van der Waals surface area (Å²) in [6, 6.07) is 7.46. The van der Waals surface area contributed by atoms with Crippen LogP contribution in [-0.2, 0) is 4.74 Å². The maximum Gasteiger partial charge on any atom is 0.414 e. The van der Waals surface area contributed by atoms with Crippen LogP contribution in [0.25, 0.3) is 0 Å². The molecule has 0 spiro atoms. The van der Waals surface area contributed by atoms with E-state index in [0.717, 1.165) is 11.4 Å². The maximum atomic E-state index is 11.6. The Balaban J connectivity index is 1.75. The third-order valence-corrected chi connectivity index (χ3v) is 3.22. The minimum absolute atomic E-state index is 0.119. The summed E-state index contributed by atoms with van der Waals surface area (Å²) in [5.74, 6) is 1.13. The van der Waals surface area contributed by atoms with Crippen molar-refractivity contribution in [2.45, 2.75) is 19.9 Å². The van der Waals surface area contributed by atoms with Crippen LogP contribution in [-0.4, -0.2) is 29.4 Å². The molecule has 110 valence electrons. The first-order chi connectivity index (χ1) is 10.1. The van der Waals surface area contributed by atoms with Gasteiger partial charge in [0.05, 0.1) is 6.54 Å². The van der Waals surface area contributed by atoms with Gasteiger partial charge in [0.25, 0.3) is 0 Å². The highest BCUT2D eigenvalue weighted by atomic mass is 16.6. The van der Waals surface area contributed by atoms with E-state index in [2.05, 4.69) is 15.5 Å². The molecule has 1 amide bonds. The number of cyclic esters (lactones) is 1. The summed E-state index contributed by atoms with van der Waals surface area (Å²) in [5, 5.41) is 7.05. The molecule has 1 aliphatic rings. The van der Waals surface area contributed by atoms with Crippen LogP contribution < -0.4 is 10.2 Å². The fourth-order valence-corrected chi connectivity index (χ4v) is 2.19. The molecule has 1 aromatic carbocycles. The highest BCUT2D eigenvalue weighted by Crippen LogP contribution is 2.25. The summed E-state index contributed by atoms with van der Waals surface area (Å²) in [5.41, 5.74) is 1.67. The number of aryl methyl sites for hydroxylation is 1. The zero-order valence-corrected chi connectivity index (χ0v) is 11.9. The highest BCUT2D eigenvalue weighted by Gasteiger charge is 2.23. The number of nitrogens with zero attached hydrogens (tertiary/aromatic N) is 3. The van der Waals surface area contributed by atoms with E-state index >= 15 is 0 Å². The van der Waals surface area contributed by atoms with Crippen molar-refractivity contribution in [3.63, 3.8) is 0 Å². The van der Waals surface area contributed by atoms with E-state index in [0.29, 0.717) is 24.9 Å². The summed E-state index contributed by atoms with van der Waals surface area (Å²) in [4.78, 5) is 17.4. The molecule has 1 N–H and O–H groups in total. The largest absolute Gasteiger partial charge is 0.447 e. The number of carbonyl (C=O) groups excluding carboxylic acids is 1. The van der Waals surface area contributed by atoms with Crippen LogP contribution in [0.4, 0.5) is 16.2 Å². The van der Waals surface area contributed by atoms with Crippen molar-refractivity contribution in [1.29, 1.82) is 0 Å². The molecule has 3 rings (SSSR count). The smallest absolute Gasteiger partial charge is 0.414 e. The normalized spacial score (nSPS) is 15.9. The maximum absolute atomic E-state index is 11.6. The second kappa shape index (κ2) is 5.43. The Morgan fingerprint density at radius 2 is 2.29 bits per heavy atom. The second-order valence-electron chi connectivity index (χ2n) is 4.86. The molecule has 1 unspecified atom stereocenters. The van der Waals surface area contributed by atoms with Gasteiger partial charge in [-0.3, -0.25) is 4.90 Å². The van der Waals surface area contributed by atoms with Gasteiger partial charge in [0, 0.05) is 11.4 Å². The number of carbonyl (C=O) groups is 1. The SMILES string of the molecule is Cc1noc(C(C)Nc2cccc(N3CCOC3=O)c2)n1. The van der Waals surface area contributed by atoms with Crippen LogP contribution in [0, 0.1) is 6.92 Å². The molecule has 0 radical (unpaired) electrons. The first-order valence-electron chi connectivity index (χ1n) is 6.74. The number of ether oxygens (including phenoxy) is 1. The van der Waals surface area contributed by atoms with Crippen molar-refractivity contribution in [3.8, 4) is 0 Å². The topological polar surface area (TPSA) is 80.5 Å². The molecule has 2 heterocycles. The Morgan fingerprint density at radius 1 is 1.43 bits per heavy atom. The van der Waals surface area contributed by atoms with Gasteiger partial charge in [-0.1, -0.05) is 11.2 Å². The Morgan fingerprint density at radius 3 is 2.95 bits per heavy atom. The Bertz CT molecular complexity index is 655. The predicted octanol–water partition coefficient (Wildman–Crippen LogP) is 2.51. The lowest BCUT2D eigenvalue weighted by molar-refractivity contribution is 0.181. The molecule has 0 aliphatic carbocycles. The number of benzene rings is 1. The van der Waals surface area contributed by atoms with Gasteiger partial charge < -0.3 is 14.6 Å². The number of anilines is 2. The molecule has 7 nitrogen and oxygen atoms in total. The van der Waals surface area contributed by atoms with Gasteiger partial charge in [-0.2, -0.15) is 4.98 Å². The Hall–Kier alpha value is -2.57. The van der Waals surface area contributed by atoms with Gasteiger partial charge in [0.1, 0.15) is 12.6 Å². The van der Waals surface area contributed by atoms with Crippen molar-refractivity contribution in [2.24, 2.45) is 0 Å². The molecule has 2 aromatic rings. The molecule has 1 fully saturated rings. The lowest BCUT2D eigenvalue weighted by Crippen LogP contribution is -2.23. The van der Waals surface area contributed by atoms with E-state index in [1.807, 2.05) is 31.2 Å². The molecule has 1 atom stereocenters. The zero-order valence-electron chi connectivity index (χ0n) is 11.9. The molecular weight excluding hydrogens is 272 g/mol. The molecule has 0 saturated carbocycles. The Kier molecular flexibility index (Phi) is 3.47. The fraction of sp³-hybridized carbons (Fsp3) is 0.357. The molecule has 1 aromatic heterocycles. The van der Waals surface area contributed by atoms with Gasteiger partial charge in [0.15, 0.2) is 5.82 Å².